The van der Waals surface area contributed by atoms with Crippen LogP contribution in [0.15, 0.2) is 30.9 Å². The van der Waals surface area contributed by atoms with E-state index < -0.39 is 41.2 Å². The quantitative estimate of drug-likeness (QED) is 0.808. The van der Waals surface area contributed by atoms with Crippen molar-refractivity contribution in [3.05, 3.63) is 48.1 Å². The second-order valence-corrected chi connectivity index (χ2v) is 4.46. The van der Waals surface area contributed by atoms with Crippen molar-refractivity contribution in [3.63, 3.8) is 0 Å². The van der Waals surface area contributed by atoms with Gasteiger partial charge in [0.15, 0.2) is 5.60 Å². The largest absolute Gasteiger partial charge is 0.477 e. The van der Waals surface area contributed by atoms with Crippen LogP contribution in [0.5, 0.6) is 0 Å². The zero-order valence-electron chi connectivity index (χ0n) is 10.8. The number of hydrogen-bond acceptors (Lipinski definition) is 4. The number of carboxylic acids is 1. The van der Waals surface area contributed by atoms with E-state index >= 15 is 0 Å². The second-order valence-electron chi connectivity index (χ2n) is 4.46. The maximum absolute atomic E-state index is 14.0. The van der Waals surface area contributed by atoms with Gasteiger partial charge in [0, 0.05) is 11.6 Å². The number of aliphatic carboxylic acids is 1. The molecule has 1 aromatic carbocycles. The highest BCUT2D eigenvalue weighted by Crippen LogP contribution is 2.40. The Kier molecular flexibility index (Phi) is 3.88. The molecule has 0 aliphatic heterocycles. The van der Waals surface area contributed by atoms with Gasteiger partial charge in [-0.05, 0) is 12.1 Å². The van der Waals surface area contributed by atoms with Gasteiger partial charge in [-0.2, -0.15) is 13.9 Å². The average molecular weight is 319 g/mol. The molecule has 2 rings (SSSR count). The molecule has 2 N–H and O–H groups in total. The summed E-state index contributed by atoms with van der Waals surface area (Å²) in [6.45, 7) is -1.10. The van der Waals surface area contributed by atoms with Gasteiger partial charge in [0.25, 0.3) is 0 Å². The minimum absolute atomic E-state index is 0.263. The molecule has 0 aliphatic rings. The Morgan fingerprint density at radius 2 is 2.00 bits per heavy atom. The van der Waals surface area contributed by atoms with Crippen LogP contribution in [0.4, 0.5) is 17.6 Å². The number of aromatic nitrogens is 3. The lowest BCUT2D eigenvalue weighted by atomic mass is 9.86. The monoisotopic (exact) mass is 319 g/mol. The van der Waals surface area contributed by atoms with Crippen LogP contribution in [0.25, 0.3) is 0 Å². The summed E-state index contributed by atoms with van der Waals surface area (Å²) in [7, 11) is 0. The summed E-state index contributed by atoms with van der Waals surface area (Å²) in [6, 6.07) is 1.45. The number of halogens is 4. The number of aliphatic hydroxyl groups is 1. The number of carbonyl (C=O) groups is 1. The van der Waals surface area contributed by atoms with E-state index in [1.165, 1.54) is 0 Å². The molecule has 0 radical (unpaired) electrons. The summed E-state index contributed by atoms with van der Waals surface area (Å²) in [5.74, 6) is -10.0. The molecule has 0 saturated heterocycles. The molecular weight excluding hydrogens is 310 g/mol. The molecule has 118 valence electrons. The predicted molar refractivity (Wildman–Crippen MR) is 62.9 cm³/mol. The minimum Gasteiger partial charge on any atom is -0.477 e. The lowest BCUT2D eigenvalue weighted by Crippen LogP contribution is -2.54. The summed E-state index contributed by atoms with van der Waals surface area (Å²) >= 11 is 0. The second kappa shape index (κ2) is 5.37. The van der Waals surface area contributed by atoms with Crippen molar-refractivity contribution in [3.8, 4) is 0 Å². The highest BCUT2D eigenvalue weighted by Gasteiger charge is 2.61. The molecule has 2 aromatic rings. The summed E-state index contributed by atoms with van der Waals surface area (Å²) in [5, 5.41) is 22.4. The normalized spacial score (nSPS) is 14.6. The minimum atomic E-state index is -4.77. The van der Waals surface area contributed by atoms with Crippen molar-refractivity contribution in [2.45, 2.75) is 18.1 Å². The first-order chi connectivity index (χ1) is 10.2. The number of nitrogens with zero attached hydrogens (tertiary/aromatic N) is 3. The number of alkyl halides is 2. The topological polar surface area (TPSA) is 88.2 Å². The first kappa shape index (κ1) is 15.9. The van der Waals surface area contributed by atoms with Gasteiger partial charge in [-0.3, -0.25) is 0 Å². The molecule has 1 aromatic heterocycles. The number of hydrogen-bond donors (Lipinski definition) is 2. The Hall–Kier alpha value is -2.49. The maximum Gasteiger partial charge on any atom is 0.378 e. The molecule has 0 amide bonds. The summed E-state index contributed by atoms with van der Waals surface area (Å²) in [4.78, 5) is 14.3. The van der Waals surface area contributed by atoms with Gasteiger partial charge in [-0.15, -0.1) is 0 Å². The molecule has 6 nitrogen and oxygen atoms in total. The van der Waals surface area contributed by atoms with E-state index in [2.05, 4.69) is 10.1 Å². The molecule has 0 spiro atoms. The fourth-order valence-electron chi connectivity index (χ4n) is 1.90. The predicted octanol–water partition coefficient (Wildman–Crippen LogP) is 1.16. The van der Waals surface area contributed by atoms with Crippen LogP contribution in [-0.4, -0.2) is 36.9 Å². The van der Waals surface area contributed by atoms with Crippen LogP contribution in [0, 0.1) is 11.6 Å². The van der Waals surface area contributed by atoms with E-state index in [0.717, 1.165) is 12.7 Å². The Balaban J connectivity index is 2.61. The van der Waals surface area contributed by atoms with Crippen LogP contribution in [0.2, 0.25) is 0 Å². The fraction of sp³-hybridized carbons (Fsp3) is 0.250. The first-order valence-corrected chi connectivity index (χ1v) is 5.80. The van der Waals surface area contributed by atoms with Crippen molar-refractivity contribution in [2.75, 3.05) is 0 Å². The van der Waals surface area contributed by atoms with Crippen molar-refractivity contribution < 1.29 is 32.6 Å². The fourth-order valence-corrected chi connectivity index (χ4v) is 1.90. The molecule has 10 heteroatoms. The van der Waals surface area contributed by atoms with E-state index in [4.69, 9.17) is 5.11 Å². The summed E-state index contributed by atoms with van der Waals surface area (Å²) in [5.41, 5.74) is -4.57. The Morgan fingerprint density at radius 1 is 1.32 bits per heavy atom. The Morgan fingerprint density at radius 3 is 2.50 bits per heavy atom. The van der Waals surface area contributed by atoms with E-state index in [9.17, 15) is 27.5 Å². The highest BCUT2D eigenvalue weighted by atomic mass is 19.3. The zero-order chi connectivity index (χ0) is 16.5. The Bertz CT molecular complexity index is 693. The first-order valence-electron chi connectivity index (χ1n) is 5.80. The van der Waals surface area contributed by atoms with E-state index in [0.29, 0.717) is 16.8 Å². The van der Waals surface area contributed by atoms with E-state index in [1.54, 1.807) is 0 Å². The smallest absolute Gasteiger partial charge is 0.378 e. The van der Waals surface area contributed by atoms with Gasteiger partial charge in [-0.25, -0.2) is 23.2 Å². The molecule has 1 unspecified atom stereocenters. The standard InChI is InChI=1S/C12H9F4N3O3/c13-7-1-2-8(9(14)3-7)11(22,12(15,16)10(20)21)4-19-6-17-5-18-19/h1-3,5-6,22H,4H2,(H,20,21). The van der Waals surface area contributed by atoms with Crippen molar-refractivity contribution in [1.82, 2.24) is 14.8 Å². The van der Waals surface area contributed by atoms with Gasteiger partial charge in [0.1, 0.15) is 24.3 Å². The lowest BCUT2D eigenvalue weighted by molar-refractivity contribution is -0.217. The molecule has 1 atom stereocenters. The SMILES string of the molecule is O=C(O)C(F)(F)C(O)(Cn1cncn1)c1ccc(F)cc1F. The van der Waals surface area contributed by atoms with Gasteiger partial charge in [0.05, 0.1) is 6.54 Å². The Labute approximate surface area is 120 Å². The zero-order valence-corrected chi connectivity index (χ0v) is 10.8. The molecule has 1 heterocycles. The third-order valence-corrected chi connectivity index (χ3v) is 3.02. The summed E-state index contributed by atoms with van der Waals surface area (Å²) in [6.07, 6.45) is 1.89. The lowest BCUT2D eigenvalue weighted by Gasteiger charge is -2.33. The van der Waals surface area contributed by atoms with Gasteiger partial charge >= 0.3 is 11.9 Å². The molecule has 0 aliphatic carbocycles. The third kappa shape index (κ3) is 2.52. The van der Waals surface area contributed by atoms with Gasteiger partial charge < -0.3 is 10.2 Å². The van der Waals surface area contributed by atoms with Crippen LogP contribution in [0.1, 0.15) is 5.56 Å². The number of carboxylic acid groups (broad SMARTS) is 1. The molecule has 0 bridgehead atoms. The van der Waals surface area contributed by atoms with Crippen LogP contribution >= 0.6 is 0 Å². The van der Waals surface area contributed by atoms with Crippen molar-refractivity contribution in [2.24, 2.45) is 0 Å². The molecular formula is C12H9F4N3O3. The summed E-state index contributed by atoms with van der Waals surface area (Å²) < 4.78 is 55.4. The van der Waals surface area contributed by atoms with E-state index in [1.807, 2.05) is 0 Å². The molecule has 0 saturated carbocycles. The van der Waals surface area contributed by atoms with Crippen molar-refractivity contribution >= 4 is 5.97 Å². The van der Waals surface area contributed by atoms with E-state index in [-0.39, 0.29) is 6.07 Å². The van der Waals surface area contributed by atoms with Gasteiger partial charge in [0.2, 0.25) is 0 Å². The number of benzene rings is 1. The van der Waals surface area contributed by atoms with Crippen LogP contribution in [0.3, 0.4) is 0 Å². The van der Waals surface area contributed by atoms with Crippen LogP contribution < -0.4 is 0 Å². The van der Waals surface area contributed by atoms with Crippen LogP contribution in [-0.2, 0) is 16.9 Å². The van der Waals surface area contributed by atoms with Gasteiger partial charge in [-0.1, -0.05) is 0 Å². The highest BCUT2D eigenvalue weighted by molar-refractivity contribution is 5.77. The number of rotatable bonds is 5. The third-order valence-electron chi connectivity index (χ3n) is 3.02. The molecule has 22 heavy (non-hydrogen) atoms. The van der Waals surface area contributed by atoms with Crippen molar-refractivity contribution in [1.29, 1.82) is 0 Å². The maximum atomic E-state index is 14.0. The average Bonchev–Trinajstić information content (AvgIpc) is 2.90. The molecule has 0 fully saturated rings.